The van der Waals surface area contributed by atoms with Crippen molar-refractivity contribution in [3.05, 3.63) is 29.8 Å². The Hall–Kier alpha value is -1.56. The van der Waals surface area contributed by atoms with Crippen LogP contribution in [0, 0.1) is 17.8 Å². The molecule has 0 amide bonds. The molecule has 0 radical (unpaired) electrons. The van der Waals surface area contributed by atoms with Crippen LogP contribution in [0.3, 0.4) is 0 Å². The lowest BCUT2D eigenvalue weighted by molar-refractivity contribution is -0.201. The van der Waals surface area contributed by atoms with E-state index < -0.39 is 37.3 Å². The number of ether oxygens (including phenoxy) is 2. The Balaban J connectivity index is 1.38. The molecule has 2 unspecified atom stereocenters. The first kappa shape index (κ1) is 27.0. The molecule has 37 heavy (non-hydrogen) atoms. The molecule has 4 saturated carbocycles. The summed E-state index contributed by atoms with van der Waals surface area (Å²) in [5.74, 6) is -2.29. The van der Waals surface area contributed by atoms with E-state index in [9.17, 15) is 18.0 Å². The monoisotopic (exact) mass is 560 g/mol. The third kappa shape index (κ3) is 4.74. The molecule has 1 saturated heterocycles. The van der Waals surface area contributed by atoms with Crippen molar-refractivity contribution in [2.45, 2.75) is 74.0 Å². The first-order valence-electron chi connectivity index (χ1n) is 12.7. The predicted molar refractivity (Wildman–Crippen MR) is 134 cm³/mol. The largest absolute Gasteiger partial charge is 0.466 e. The van der Waals surface area contributed by atoms with Crippen LogP contribution in [0.2, 0.25) is 0 Å². The van der Waals surface area contributed by atoms with Gasteiger partial charge in [-0.15, -0.1) is 0 Å². The number of ketones is 1. The lowest BCUT2D eigenvalue weighted by Gasteiger charge is -2.54. The van der Waals surface area contributed by atoms with Crippen molar-refractivity contribution in [2.24, 2.45) is 17.8 Å². The van der Waals surface area contributed by atoms with Crippen LogP contribution in [-0.2, 0) is 38.2 Å². The molecule has 206 valence electrons. The number of hydrogen-bond acceptors (Lipinski definition) is 7. The number of esters is 1. The third-order valence-electron chi connectivity index (χ3n) is 8.28. The van der Waals surface area contributed by atoms with Gasteiger partial charge in [-0.2, -0.15) is 17.2 Å². The summed E-state index contributed by atoms with van der Waals surface area (Å²) in [5.41, 5.74) is -0.363. The summed E-state index contributed by atoms with van der Waals surface area (Å²) in [7, 11) is -8.41. The van der Waals surface area contributed by atoms with E-state index in [-0.39, 0.29) is 66.5 Å². The zero-order chi connectivity index (χ0) is 26.9. The van der Waals surface area contributed by atoms with Crippen molar-refractivity contribution in [3.63, 3.8) is 0 Å². The SMILES string of the molecule is CC(C)(C)c1ccc(S2(OS(=O)(=O)C(F)(F)C(=O)OC34CC5CC(C3)C(=O)C(C5)C4)CCOCC2)cc1. The zero-order valence-electron chi connectivity index (χ0n) is 21.3. The fourth-order valence-electron chi connectivity index (χ4n) is 6.51. The van der Waals surface area contributed by atoms with Gasteiger partial charge in [0.2, 0.25) is 0 Å². The topological polar surface area (TPSA) is 96.0 Å². The van der Waals surface area contributed by atoms with Gasteiger partial charge in [0, 0.05) is 28.2 Å². The fraction of sp³-hybridized carbons (Fsp3) is 0.692. The van der Waals surface area contributed by atoms with Gasteiger partial charge in [0.15, 0.2) is 0 Å². The van der Waals surface area contributed by atoms with Crippen LogP contribution in [-0.4, -0.2) is 55.7 Å². The molecule has 4 aliphatic carbocycles. The van der Waals surface area contributed by atoms with Crippen molar-refractivity contribution in [3.8, 4) is 0 Å². The molecule has 1 aromatic rings. The van der Waals surface area contributed by atoms with Crippen molar-refractivity contribution >= 4 is 32.2 Å². The van der Waals surface area contributed by atoms with E-state index >= 15 is 8.78 Å². The first-order valence-corrected chi connectivity index (χ1v) is 16.0. The number of carbonyl (C=O) groups is 2. The van der Waals surface area contributed by atoms with Crippen LogP contribution in [0.25, 0.3) is 0 Å². The highest BCUT2D eigenvalue weighted by atomic mass is 32.3. The highest BCUT2D eigenvalue weighted by molar-refractivity contribution is 8.33. The molecule has 4 bridgehead atoms. The van der Waals surface area contributed by atoms with Gasteiger partial charge < -0.3 is 9.47 Å². The molecule has 6 rings (SSSR count). The Morgan fingerprint density at radius 2 is 1.59 bits per heavy atom. The molecule has 0 aromatic heterocycles. The van der Waals surface area contributed by atoms with Crippen LogP contribution in [0.15, 0.2) is 29.2 Å². The predicted octanol–water partition coefficient (Wildman–Crippen LogP) is 4.72. The first-order chi connectivity index (χ1) is 17.2. The van der Waals surface area contributed by atoms with Gasteiger partial charge in [-0.1, -0.05) is 43.2 Å². The van der Waals surface area contributed by atoms with E-state index in [0.29, 0.717) is 24.2 Å². The molecule has 1 aromatic carbocycles. The minimum Gasteiger partial charge on any atom is -0.454 e. The number of hydrogen-bond donors (Lipinski definition) is 0. The molecule has 2 atom stereocenters. The minimum atomic E-state index is -5.69. The van der Waals surface area contributed by atoms with E-state index in [0.717, 1.165) is 5.56 Å². The van der Waals surface area contributed by atoms with Gasteiger partial charge in [-0.3, -0.25) is 4.79 Å². The van der Waals surface area contributed by atoms with Crippen molar-refractivity contribution in [1.82, 2.24) is 0 Å². The van der Waals surface area contributed by atoms with E-state index in [1.807, 2.05) is 32.9 Å². The summed E-state index contributed by atoms with van der Waals surface area (Å²) >= 11 is 0. The summed E-state index contributed by atoms with van der Waals surface area (Å²) < 4.78 is 72.9. The second-order valence-electron chi connectivity index (χ2n) is 12.0. The van der Waals surface area contributed by atoms with Gasteiger partial charge in [0.05, 0.1) is 13.2 Å². The molecule has 5 aliphatic rings. The summed E-state index contributed by atoms with van der Waals surface area (Å²) in [6.07, 6.45) is 2.08. The van der Waals surface area contributed by atoms with Gasteiger partial charge in [-0.25, -0.2) is 8.42 Å². The number of Topliss-reactive ketones (excluding diaryl/α,β-unsaturated/α-hetero) is 1. The minimum absolute atomic E-state index is 0.105. The van der Waals surface area contributed by atoms with Gasteiger partial charge >= 0.3 is 21.3 Å². The molecule has 0 spiro atoms. The maximum atomic E-state index is 15.3. The van der Waals surface area contributed by atoms with Crippen molar-refractivity contribution < 1.29 is 39.9 Å². The Morgan fingerprint density at radius 1 is 1.03 bits per heavy atom. The van der Waals surface area contributed by atoms with Crippen LogP contribution >= 0.6 is 10.3 Å². The lowest BCUT2D eigenvalue weighted by atomic mass is 9.53. The summed E-state index contributed by atoms with van der Waals surface area (Å²) in [6.45, 7) is 6.41. The number of alkyl halides is 2. The number of rotatable bonds is 6. The highest BCUT2D eigenvalue weighted by Gasteiger charge is 2.63. The number of benzene rings is 1. The average molecular weight is 561 g/mol. The maximum Gasteiger partial charge on any atom is 0.466 e. The average Bonchev–Trinajstić information content (AvgIpc) is 2.81. The van der Waals surface area contributed by atoms with E-state index in [1.165, 1.54) is 0 Å². The number of halogens is 2. The van der Waals surface area contributed by atoms with Crippen LogP contribution in [0.5, 0.6) is 0 Å². The lowest BCUT2D eigenvalue weighted by Crippen LogP contribution is -2.58. The van der Waals surface area contributed by atoms with Gasteiger partial charge in [0.1, 0.15) is 11.4 Å². The van der Waals surface area contributed by atoms with Crippen molar-refractivity contribution in [1.29, 1.82) is 0 Å². The fourth-order valence-corrected chi connectivity index (χ4v) is 11.4. The molecule has 0 N–H and O–H groups in total. The van der Waals surface area contributed by atoms with Gasteiger partial charge in [-0.05, 0) is 61.1 Å². The number of carbonyl (C=O) groups excluding carboxylic acids is 2. The molecular formula is C26H34F2O7S2. The third-order valence-corrected chi connectivity index (χ3v) is 13.6. The van der Waals surface area contributed by atoms with E-state index in [1.54, 1.807) is 12.1 Å². The smallest absolute Gasteiger partial charge is 0.454 e. The maximum absolute atomic E-state index is 15.3. The molecule has 1 heterocycles. The van der Waals surface area contributed by atoms with E-state index in [4.69, 9.17) is 13.1 Å². The van der Waals surface area contributed by atoms with Crippen LogP contribution in [0.4, 0.5) is 8.78 Å². The Labute approximate surface area is 218 Å². The Morgan fingerprint density at radius 3 is 2.14 bits per heavy atom. The standard InChI is InChI=1S/C26H34F2O7S2/c1-24(2,3)20-4-6-21(7-5-20)36(10-8-33-9-11-36)35-37(31,32)26(27,28)23(30)34-25-14-17-12-18(15-25)22(29)19(13-17)16-25/h4-7,17-19H,8-16H2,1-3H3. The second-order valence-corrected chi connectivity index (χ2v) is 16.8. The van der Waals surface area contributed by atoms with Crippen LogP contribution < -0.4 is 0 Å². The molecule has 5 fully saturated rings. The summed E-state index contributed by atoms with van der Waals surface area (Å²) in [6, 6.07) is 7.13. The molecule has 7 nitrogen and oxygen atoms in total. The molecule has 11 heteroatoms. The highest BCUT2D eigenvalue weighted by Crippen LogP contribution is 2.61. The quantitative estimate of drug-likeness (QED) is 0.465. The van der Waals surface area contributed by atoms with Gasteiger partial charge in [0.25, 0.3) is 0 Å². The second kappa shape index (κ2) is 8.99. The molecular weight excluding hydrogens is 526 g/mol. The Bertz CT molecular complexity index is 1170. The zero-order valence-corrected chi connectivity index (χ0v) is 23.0. The van der Waals surface area contributed by atoms with Crippen molar-refractivity contribution in [2.75, 3.05) is 24.7 Å². The van der Waals surface area contributed by atoms with E-state index in [2.05, 4.69) is 0 Å². The molecule has 1 aliphatic heterocycles. The summed E-state index contributed by atoms with van der Waals surface area (Å²) in [4.78, 5) is 25.7. The normalized spacial score (nSPS) is 32.2. The Kier molecular flexibility index (Phi) is 6.57. The van der Waals surface area contributed by atoms with Crippen LogP contribution in [0.1, 0.15) is 58.4 Å². The summed E-state index contributed by atoms with van der Waals surface area (Å²) in [5, 5.41) is -4.88.